The van der Waals surface area contributed by atoms with Crippen LogP contribution in [-0.4, -0.2) is 24.8 Å². The van der Waals surface area contributed by atoms with Crippen molar-refractivity contribution < 1.29 is 9.16 Å². The van der Waals surface area contributed by atoms with E-state index in [1.165, 1.54) is 38.0 Å². The van der Waals surface area contributed by atoms with Crippen molar-refractivity contribution in [3.05, 3.63) is 65.2 Å². The second-order valence-corrected chi connectivity index (χ2v) is 8.29. The first-order valence-electron chi connectivity index (χ1n) is 10.3. The van der Waals surface area contributed by atoms with Crippen molar-refractivity contribution in [1.29, 1.82) is 0 Å². The summed E-state index contributed by atoms with van der Waals surface area (Å²) < 4.78 is 3.35. The van der Waals surface area contributed by atoms with Crippen LogP contribution in [0.3, 0.4) is 0 Å². The lowest BCUT2D eigenvalue weighted by Crippen LogP contribution is -2.22. The first-order valence-corrected chi connectivity index (χ1v) is 11.0. The molecule has 0 saturated carbocycles. The molecule has 2 atom stereocenters. The number of para-hydroxylation sites is 1. The third-order valence-corrected chi connectivity index (χ3v) is 5.86. The van der Waals surface area contributed by atoms with Gasteiger partial charge in [0.1, 0.15) is 13.2 Å². The highest BCUT2D eigenvalue weighted by molar-refractivity contribution is 7.19. The Morgan fingerprint density at radius 2 is 1.61 bits per heavy atom. The van der Waals surface area contributed by atoms with Gasteiger partial charge in [0.05, 0.1) is 5.66 Å². The molecule has 0 aromatic heterocycles. The van der Waals surface area contributed by atoms with Crippen molar-refractivity contribution in [1.82, 2.24) is 0 Å². The Balaban J connectivity index is 0.000000202. The normalized spacial score (nSPS) is 15.3. The summed E-state index contributed by atoms with van der Waals surface area (Å²) in [6.45, 7) is 9.48. The highest BCUT2D eigenvalue weighted by Crippen LogP contribution is 2.21. The highest BCUT2D eigenvalue weighted by Gasteiger charge is 2.15. The van der Waals surface area contributed by atoms with Crippen LogP contribution < -0.4 is 5.32 Å². The monoisotopic (exact) mass is 400 g/mol. The molecule has 0 bridgehead atoms. The maximum absolute atomic E-state index is 11.7. The van der Waals surface area contributed by atoms with Crippen LogP contribution in [0.25, 0.3) is 0 Å². The van der Waals surface area contributed by atoms with Gasteiger partial charge in [-0.1, -0.05) is 55.5 Å². The number of hydrogen-bond donors (Lipinski definition) is 1. The van der Waals surface area contributed by atoms with Crippen LogP contribution in [0.5, 0.6) is 0 Å². The predicted molar refractivity (Wildman–Crippen MR) is 123 cm³/mol. The third kappa shape index (κ3) is 7.37. The van der Waals surface area contributed by atoms with Crippen LogP contribution in [0.1, 0.15) is 49.3 Å². The molecule has 1 N–H and O–H groups in total. The summed E-state index contributed by atoms with van der Waals surface area (Å²) in [4.78, 5) is 11.7. The Morgan fingerprint density at radius 1 is 1.00 bits per heavy atom. The Morgan fingerprint density at radius 3 is 2.18 bits per heavy atom. The SMILES string of the molecule is CCC(P)C(=O)Nc1c(C)cccc1C.c1ccc(C[O+]2CCCCC2)cc1. The average Bonchev–Trinajstić information content (AvgIpc) is 2.72. The zero-order valence-electron chi connectivity index (χ0n) is 17.5. The minimum atomic E-state index is -0.0102. The molecule has 1 heterocycles. The maximum Gasteiger partial charge on any atom is 0.231 e. The van der Waals surface area contributed by atoms with Crippen molar-refractivity contribution in [2.45, 2.75) is 58.7 Å². The molecule has 2 unspecified atom stereocenters. The summed E-state index contributed by atoms with van der Waals surface area (Å²) in [5.41, 5.74) is 4.56. The summed E-state index contributed by atoms with van der Waals surface area (Å²) in [5, 5.41) is 2.97. The second-order valence-electron chi connectivity index (χ2n) is 7.48. The summed E-state index contributed by atoms with van der Waals surface area (Å²) in [7, 11) is 2.56. The van der Waals surface area contributed by atoms with Gasteiger partial charge in [-0.3, -0.25) is 4.79 Å². The van der Waals surface area contributed by atoms with Crippen LogP contribution in [0, 0.1) is 13.8 Å². The van der Waals surface area contributed by atoms with Crippen molar-refractivity contribution in [3.8, 4) is 0 Å². The van der Waals surface area contributed by atoms with E-state index < -0.39 is 0 Å². The van der Waals surface area contributed by atoms with E-state index in [2.05, 4.69) is 49.3 Å². The zero-order valence-corrected chi connectivity index (χ0v) is 18.7. The number of carbonyl (C=O) groups excluding carboxylic acids is 1. The van der Waals surface area contributed by atoms with Gasteiger partial charge in [0.2, 0.25) is 5.91 Å². The van der Waals surface area contributed by atoms with Crippen molar-refractivity contribution in [3.63, 3.8) is 0 Å². The number of aryl methyl sites for hydroxylation is 2. The molecule has 2 aromatic carbocycles. The molecule has 0 radical (unpaired) electrons. The Bertz CT molecular complexity index is 706. The minimum absolute atomic E-state index is 0.0102. The minimum Gasteiger partial charge on any atom is -0.418 e. The smallest absolute Gasteiger partial charge is 0.231 e. The fourth-order valence-electron chi connectivity index (χ4n) is 3.26. The van der Waals surface area contributed by atoms with E-state index >= 15 is 0 Å². The van der Waals surface area contributed by atoms with Gasteiger partial charge in [0, 0.05) is 24.1 Å². The number of anilines is 1. The lowest BCUT2D eigenvalue weighted by atomic mass is 10.1. The summed E-state index contributed by atoms with van der Waals surface area (Å²) >= 11 is 0. The van der Waals surface area contributed by atoms with E-state index in [1.54, 1.807) is 0 Å². The fourth-order valence-corrected chi connectivity index (χ4v) is 3.34. The molecule has 28 heavy (non-hydrogen) atoms. The summed E-state index contributed by atoms with van der Waals surface area (Å²) in [6.07, 6.45) is 4.93. The van der Waals surface area contributed by atoms with Gasteiger partial charge in [-0.05, 0) is 37.8 Å². The molecule has 1 aliphatic rings. The van der Waals surface area contributed by atoms with Crippen molar-refractivity contribution in [2.24, 2.45) is 0 Å². The lowest BCUT2D eigenvalue weighted by molar-refractivity contribution is -0.170. The zero-order chi connectivity index (χ0) is 20.4. The van der Waals surface area contributed by atoms with Gasteiger partial charge in [-0.15, -0.1) is 9.24 Å². The van der Waals surface area contributed by atoms with Gasteiger partial charge in [0.25, 0.3) is 0 Å². The van der Waals surface area contributed by atoms with E-state index in [1.807, 2.05) is 39.0 Å². The molecule has 1 saturated heterocycles. The fraction of sp³-hybridized carbons (Fsp3) is 0.458. The average molecular weight is 401 g/mol. The quantitative estimate of drug-likeness (QED) is 0.498. The largest absolute Gasteiger partial charge is 0.418 e. The van der Waals surface area contributed by atoms with Gasteiger partial charge in [-0.2, -0.15) is 0 Å². The predicted octanol–water partition coefficient (Wildman–Crippen LogP) is 5.82. The van der Waals surface area contributed by atoms with Crippen LogP contribution in [0.4, 0.5) is 5.69 Å². The first kappa shape index (κ1) is 22.6. The molecule has 1 fully saturated rings. The Hall–Kier alpha value is -1.70. The first-order chi connectivity index (χ1) is 13.5. The van der Waals surface area contributed by atoms with E-state index in [4.69, 9.17) is 0 Å². The molecule has 3 rings (SSSR count). The van der Waals surface area contributed by atoms with Crippen molar-refractivity contribution >= 4 is 20.8 Å². The van der Waals surface area contributed by atoms with Crippen LogP contribution in [0.15, 0.2) is 48.5 Å². The molecule has 152 valence electrons. The van der Waals surface area contributed by atoms with E-state index in [-0.39, 0.29) is 11.6 Å². The highest BCUT2D eigenvalue weighted by atomic mass is 31.0. The molecule has 2 aromatic rings. The van der Waals surface area contributed by atoms with Gasteiger partial charge in [-0.25, -0.2) is 0 Å². The number of amides is 1. The van der Waals surface area contributed by atoms with Gasteiger partial charge in [0.15, 0.2) is 6.61 Å². The lowest BCUT2D eigenvalue weighted by Gasteiger charge is -2.23. The molecule has 1 aliphatic heterocycles. The third-order valence-electron chi connectivity index (χ3n) is 5.09. The molecule has 3 nitrogen and oxygen atoms in total. The van der Waals surface area contributed by atoms with Gasteiger partial charge >= 0.3 is 0 Å². The number of rotatable bonds is 5. The molecule has 0 aliphatic carbocycles. The summed E-state index contributed by atoms with van der Waals surface area (Å²) in [5.74, 6) is 0.0694. The second kappa shape index (κ2) is 12.0. The molecule has 0 spiro atoms. The standard InChI is InChI=1S/C12H18NOP.C12H17O/c1-4-10(15)12(14)13-11-8(2)6-5-7-9(11)3;1-3-7-12(8-4-1)11-13-9-5-2-6-10-13/h5-7,10H,4,15H2,1-3H3,(H,13,14);1,3-4,7-8H,2,5-6,9-11H2/q;+1. The van der Waals surface area contributed by atoms with Crippen LogP contribution in [-0.2, 0) is 15.8 Å². The van der Waals surface area contributed by atoms with E-state index in [0.29, 0.717) is 0 Å². The number of hydrogen-bond acceptors (Lipinski definition) is 1. The van der Waals surface area contributed by atoms with Crippen molar-refractivity contribution in [2.75, 3.05) is 18.5 Å². The van der Waals surface area contributed by atoms with Crippen LogP contribution >= 0.6 is 9.24 Å². The van der Waals surface area contributed by atoms with E-state index in [9.17, 15) is 4.79 Å². The molecular formula is C24H35NO2P+. The van der Waals surface area contributed by atoms with Crippen LogP contribution in [0.2, 0.25) is 0 Å². The number of benzene rings is 2. The van der Waals surface area contributed by atoms with E-state index in [0.717, 1.165) is 29.8 Å². The number of carbonyl (C=O) groups is 1. The Kier molecular flexibility index (Phi) is 9.67. The molecule has 4 heteroatoms. The van der Waals surface area contributed by atoms with Gasteiger partial charge < -0.3 is 9.68 Å². The topological polar surface area (TPSA) is 31.8 Å². The Labute approximate surface area is 172 Å². The summed E-state index contributed by atoms with van der Waals surface area (Å²) in [6, 6.07) is 16.7. The maximum atomic E-state index is 11.7. The molecule has 1 amide bonds. The number of nitrogens with one attached hydrogen (secondary N) is 1. The molecular weight excluding hydrogens is 365 g/mol.